The molecule has 0 spiro atoms. The highest BCUT2D eigenvalue weighted by molar-refractivity contribution is 5.85. The zero-order valence-corrected chi connectivity index (χ0v) is 35.5. The fraction of sp³-hybridized carbons (Fsp3) is 0.881. The number of Topliss-reactive ketones (excluding diaryl/α,β-unsaturated/α-hetero) is 1. The van der Waals surface area contributed by atoms with Gasteiger partial charge in [-0.05, 0) is 87.5 Å². The van der Waals surface area contributed by atoms with Crippen LogP contribution >= 0.6 is 0 Å². The molecule has 2 N–H and O–H groups in total. The maximum absolute atomic E-state index is 14.0. The predicted octanol–water partition coefficient (Wildman–Crippen LogP) is 7.90. The van der Waals surface area contributed by atoms with E-state index in [1.165, 1.54) is 65.4 Å². The second-order valence-corrected chi connectivity index (χ2v) is 16.8. The van der Waals surface area contributed by atoms with Crippen molar-refractivity contribution < 1.29 is 42.9 Å². The van der Waals surface area contributed by atoms with E-state index in [2.05, 4.69) is 17.6 Å². The van der Waals surface area contributed by atoms with Gasteiger partial charge in [0.05, 0.1) is 24.0 Å². The molecule has 0 aromatic carbocycles. The van der Waals surface area contributed by atoms with E-state index in [0.29, 0.717) is 13.0 Å². The molecular weight excluding hydrogens is 676 g/mol. The van der Waals surface area contributed by atoms with E-state index in [0.717, 1.165) is 12.8 Å². The number of ether oxygens (including phenoxy) is 4. The molecule has 0 rings (SSSR count). The van der Waals surface area contributed by atoms with Gasteiger partial charge in [-0.3, -0.25) is 24.0 Å². The lowest BCUT2D eigenvalue weighted by Crippen LogP contribution is -2.48. The van der Waals surface area contributed by atoms with Crippen molar-refractivity contribution in [2.24, 2.45) is 22.7 Å². The molecule has 0 aliphatic heterocycles. The van der Waals surface area contributed by atoms with Crippen molar-refractivity contribution >= 4 is 29.5 Å². The Morgan fingerprint density at radius 3 is 1.74 bits per heavy atom. The number of hydrogen-bond acceptors (Lipinski definition) is 9. The molecule has 0 bridgehead atoms. The summed E-state index contributed by atoms with van der Waals surface area (Å²) in [7, 11) is 1.52. The number of carbonyl (C=O) groups excluding carboxylic acids is 5. The molecule has 11 heteroatoms. The van der Waals surface area contributed by atoms with Gasteiger partial charge in [0.15, 0.2) is 0 Å². The van der Waals surface area contributed by atoms with Crippen LogP contribution in [0.2, 0.25) is 0 Å². The molecule has 0 fully saturated rings. The fourth-order valence-corrected chi connectivity index (χ4v) is 6.98. The van der Waals surface area contributed by atoms with Gasteiger partial charge in [0.25, 0.3) is 0 Å². The second kappa shape index (κ2) is 27.1. The molecule has 0 aromatic rings. The number of amides is 2. The van der Waals surface area contributed by atoms with E-state index in [4.69, 9.17) is 18.9 Å². The third-order valence-corrected chi connectivity index (χ3v) is 9.58. The Morgan fingerprint density at radius 1 is 0.660 bits per heavy atom. The molecule has 0 aliphatic carbocycles. The molecule has 53 heavy (non-hydrogen) atoms. The standard InChI is InChI=1S/C42H78N2O9/c1-12-14-15-16-17-18-19-20-21-22-23-51-25-27-53-39(49)42(10,31-40(6,7)38(48)52-26-24-50-11)30-35(36(46)43-32(3)4)28-34(13-2)37(47)44-41(8,9)29-33(5)45/h32,34-35H,12-31H2,1-11H3,(H,43,46)(H,44,47). The summed E-state index contributed by atoms with van der Waals surface area (Å²) in [6.45, 7) is 19.2. The van der Waals surface area contributed by atoms with Crippen LogP contribution in [0.25, 0.3) is 0 Å². The summed E-state index contributed by atoms with van der Waals surface area (Å²) in [5.41, 5.74) is -3.15. The van der Waals surface area contributed by atoms with E-state index < -0.39 is 40.1 Å². The maximum atomic E-state index is 14.0. The van der Waals surface area contributed by atoms with Gasteiger partial charge >= 0.3 is 11.9 Å². The monoisotopic (exact) mass is 755 g/mol. The molecule has 0 saturated carbocycles. The quantitative estimate of drug-likeness (QED) is 0.0517. The van der Waals surface area contributed by atoms with E-state index in [1.807, 2.05) is 20.8 Å². The zero-order valence-electron chi connectivity index (χ0n) is 35.5. The van der Waals surface area contributed by atoms with Crippen LogP contribution in [0.5, 0.6) is 0 Å². The van der Waals surface area contributed by atoms with Gasteiger partial charge in [0.1, 0.15) is 19.0 Å². The zero-order chi connectivity index (χ0) is 40.5. The van der Waals surface area contributed by atoms with E-state index in [9.17, 15) is 24.0 Å². The second-order valence-electron chi connectivity index (χ2n) is 16.8. The van der Waals surface area contributed by atoms with Crippen molar-refractivity contribution in [2.45, 2.75) is 177 Å². The van der Waals surface area contributed by atoms with Crippen LogP contribution < -0.4 is 10.6 Å². The van der Waals surface area contributed by atoms with Gasteiger partial charge in [-0.1, -0.05) is 71.6 Å². The molecule has 0 saturated heterocycles. The van der Waals surface area contributed by atoms with Crippen molar-refractivity contribution in [2.75, 3.05) is 40.1 Å². The average molecular weight is 755 g/mol. The molecule has 0 heterocycles. The Morgan fingerprint density at radius 2 is 1.21 bits per heavy atom. The summed E-state index contributed by atoms with van der Waals surface area (Å²) < 4.78 is 22.1. The van der Waals surface area contributed by atoms with Crippen molar-refractivity contribution in [3.63, 3.8) is 0 Å². The summed E-state index contributed by atoms with van der Waals surface area (Å²) in [6.07, 6.45) is 13.2. The minimum absolute atomic E-state index is 0.0407. The van der Waals surface area contributed by atoms with Crippen LogP contribution in [-0.2, 0) is 42.9 Å². The molecule has 3 atom stereocenters. The fourth-order valence-electron chi connectivity index (χ4n) is 6.98. The van der Waals surface area contributed by atoms with Crippen molar-refractivity contribution in [1.29, 1.82) is 0 Å². The highest BCUT2D eigenvalue weighted by Gasteiger charge is 2.47. The minimum Gasteiger partial charge on any atom is -0.463 e. The number of hydrogen-bond donors (Lipinski definition) is 2. The predicted molar refractivity (Wildman–Crippen MR) is 210 cm³/mol. The third kappa shape index (κ3) is 23.1. The lowest BCUT2D eigenvalue weighted by molar-refractivity contribution is -0.165. The first-order chi connectivity index (χ1) is 24.8. The lowest BCUT2D eigenvalue weighted by atomic mass is 9.68. The molecular formula is C42H78N2O9. The summed E-state index contributed by atoms with van der Waals surface area (Å²) in [6, 6.07) is -0.175. The van der Waals surface area contributed by atoms with Gasteiger partial charge in [0.2, 0.25) is 11.8 Å². The molecule has 0 radical (unpaired) electrons. The number of nitrogens with one attached hydrogen (secondary N) is 2. The Kier molecular flexibility index (Phi) is 25.8. The van der Waals surface area contributed by atoms with Crippen molar-refractivity contribution in [1.82, 2.24) is 10.6 Å². The number of esters is 2. The third-order valence-electron chi connectivity index (χ3n) is 9.58. The Labute approximate surface area is 322 Å². The summed E-state index contributed by atoms with van der Waals surface area (Å²) in [4.78, 5) is 66.3. The molecule has 0 aromatic heterocycles. The largest absolute Gasteiger partial charge is 0.463 e. The molecule has 2 amide bonds. The highest BCUT2D eigenvalue weighted by Crippen LogP contribution is 2.42. The van der Waals surface area contributed by atoms with Gasteiger partial charge in [0, 0.05) is 43.6 Å². The SMILES string of the molecule is CCCCCCCCCCCCOCCOC(=O)C(C)(CC(CC(CC)C(=O)NC(C)(C)CC(C)=O)C(=O)NC(C)C)CC(C)(C)C(=O)OCCOC. The van der Waals surface area contributed by atoms with Crippen LogP contribution in [0, 0.1) is 22.7 Å². The maximum Gasteiger partial charge on any atom is 0.311 e. The number of ketones is 1. The van der Waals surface area contributed by atoms with Crippen molar-refractivity contribution in [3.05, 3.63) is 0 Å². The smallest absolute Gasteiger partial charge is 0.311 e. The molecule has 0 aliphatic rings. The normalized spacial score (nSPS) is 14.3. The van der Waals surface area contributed by atoms with Crippen molar-refractivity contribution in [3.8, 4) is 0 Å². The number of rotatable bonds is 32. The first-order valence-electron chi connectivity index (χ1n) is 20.4. The Hall–Kier alpha value is -2.53. The van der Waals surface area contributed by atoms with Crippen LogP contribution in [0.15, 0.2) is 0 Å². The van der Waals surface area contributed by atoms with E-state index >= 15 is 0 Å². The van der Waals surface area contributed by atoms with Gasteiger partial charge in [-0.2, -0.15) is 0 Å². The van der Waals surface area contributed by atoms with E-state index in [1.54, 1.807) is 34.6 Å². The van der Waals surface area contributed by atoms with Crippen LogP contribution in [0.3, 0.4) is 0 Å². The summed E-state index contributed by atoms with van der Waals surface area (Å²) in [5.74, 6) is -2.93. The highest BCUT2D eigenvalue weighted by atomic mass is 16.6. The average Bonchev–Trinajstić information content (AvgIpc) is 3.05. The molecule has 310 valence electrons. The summed E-state index contributed by atoms with van der Waals surface area (Å²) in [5, 5.41) is 5.96. The van der Waals surface area contributed by atoms with Crippen LogP contribution in [0.4, 0.5) is 0 Å². The Balaban J connectivity index is 5.83. The molecule has 11 nitrogen and oxygen atoms in total. The van der Waals surface area contributed by atoms with Crippen LogP contribution in [0.1, 0.15) is 166 Å². The number of unbranched alkanes of at least 4 members (excludes halogenated alkanes) is 9. The Bertz CT molecular complexity index is 1070. The van der Waals surface area contributed by atoms with Gasteiger partial charge < -0.3 is 29.6 Å². The topological polar surface area (TPSA) is 146 Å². The first kappa shape index (κ1) is 50.5. The lowest BCUT2D eigenvalue weighted by Gasteiger charge is -2.37. The number of methoxy groups -OCH3 is 1. The van der Waals surface area contributed by atoms with Crippen LogP contribution in [-0.4, -0.2) is 81.3 Å². The van der Waals surface area contributed by atoms with E-state index in [-0.39, 0.29) is 75.8 Å². The first-order valence-corrected chi connectivity index (χ1v) is 20.4. The summed E-state index contributed by atoms with van der Waals surface area (Å²) >= 11 is 0. The van der Waals surface area contributed by atoms with Gasteiger partial charge in [-0.25, -0.2) is 0 Å². The number of carbonyl (C=O) groups is 5. The van der Waals surface area contributed by atoms with Gasteiger partial charge in [-0.15, -0.1) is 0 Å². The minimum atomic E-state index is -1.29. The molecule has 3 unspecified atom stereocenters.